The van der Waals surface area contributed by atoms with E-state index in [1.807, 2.05) is 54.6 Å². The molecule has 4 aromatic carbocycles. The molecule has 5 nitrogen and oxygen atoms in total. The van der Waals surface area contributed by atoms with Crippen LogP contribution in [0, 0.1) is 5.21 Å². The van der Waals surface area contributed by atoms with Crippen LogP contribution in [0.15, 0.2) is 102 Å². The Bertz CT molecular complexity index is 1100. The van der Waals surface area contributed by atoms with Crippen molar-refractivity contribution in [3.05, 3.63) is 113 Å². The lowest BCUT2D eigenvalue weighted by atomic mass is 10.0. The topological polar surface area (TPSA) is 72.1 Å². The highest BCUT2D eigenvalue weighted by Gasteiger charge is 2.09. The molecule has 0 amide bonds. The second-order valence-electron chi connectivity index (χ2n) is 6.35. The molecular formula is C23H19N3O2. The van der Waals surface area contributed by atoms with Crippen molar-refractivity contribution < 1.29 is 10.4 Å². The van der Waals surface area contributed by atoms with Gasteiger partial charge in [0.05, 0.1) is 11.4 Å². The number of hydrazone groups is 1. The minimum absolute atomic E-state index is 0.248. The Morgan fingerprint density at radius 2 is 1.39 bits per heavy atom. The molecule has 0 bridgehead atoms. The first-order valence-electron chi connectivity index (χ1n) is 8.93. The Morgan fingerprint density at radius 1 is 0.750 bits per heavy atom. The van der Waals surface area contributed by atoms with Gasteiger partial charge in [0.25, 0.3) is 0 Å². The number of benzene rings is 4. The van der Waals surface area contributed by atoms with Crippen molar-refractivity contribution in [2.75, 3.05) is 5.43 Å². The second-order valence-corrected chi connectivity index (χ2v) is 6.35. The van der Waals surface area contributed by atoms with E-state index in [2.05, 4.69) is 28.7 Å². The highest BCUT2D eigenvalue weighted by Crippen LogP contribution is 2.23. The van der Waals surface area contributed by atoms with E-state index in [1.165, 1.54) is 0 Å². The summed E-state index contributed by atoms with van der Waals surface area (Å²) in [4.78, 5) is 0. The molecule has 0 aliphatic heterocycles. The summed E-state index contributed by atoms with van der Waals surface area (Å²) in [5.74, 6) is 0. The average Bonchev–Trinajstić information content (AvgIpc) is 2.75. The van der Waals surface area contributed by atoms with Gasteiger partial charge >= 0.3 is 0 Å². The Labute approximate surface area is 162 Å². The molecule has 3 N–H and O–H groups in total. The summed E-state index contributed by atoms with van der Waals surface area (Å²) in [6.07, 6.45) is 0. The quantitative estimate of drug-likeness (QED) is 0.366. The summed E-state index contributed by atoms with van der Waals surface area (Å²) in [6.45, 7) is 0. The fourth-order valence-electron chi connectivity index (χ4n) is 3.10. The number of quaternary nitrogens is 1. The van der Waals surface area contributed by atoms with Gasteiger partial charge in [0.2, 0.25) is 0 Å². The zero-order valence-corrected chi connectivity index (χ0v) is 15.0. The van der Waals surface area contributed by atoms with E-state index in [9.17, 15) is 5.21 Å². The van der Waals surface area contributed by atoms with Crippen molar-refractivity contribution in [2.24, 2.45) is 5.10 Å². The molecule has 0 fully saturated rings. The van der Waals surface area contributed by atoms with Gasteiger partial charge in [0.1, 0.15) is 0 Å². The van der Waals surface area contributed by atoms with Crippen molar-refractivity contribution in [3.8, 4) is 0 Å². The Balaban J connectivity index is 1.75. The first-order chi connectivity index (χ1) is 13.7. The molecule has 0 heterocycles. The van der Waals surface area contributed by atoms with Gasteiger partial charge in [-0.05, 0) is 23.6 Å². The van der Waals surface area contributed by atoms with Crippen LogP contribution < -0.4 is 10.7 Å². The normalized spacial score (nSPS) is 12.7. The Kier molecular flexibility index (Phi) is 5.12. The van der Waals surface area contributed by atoms with E-state index >= 15 is 0 Å². The third kappa shape index (κ3) is 3.77. The largest absolute Gasteiger partial charge is 0.595 e. The maximum absolute atomic E-state index is 11.1. The highest BCUT2D eigenvalue weighted by molar-refractivity contribution is 6.13. The van der Waals surface area contributed by atoms with Gasteiger partial charge in [-0.1, -0.05) is 66.7 Å². The lowest BCUT2D eigenvalue weighted by Gasteiger charge is -2.13. The standard InChI is InChI=1S/C23H19N3O2/c27-26(28)20-15-13-19(14-16-20)23(18-8-2-1-3-9-18)25-24-22-12-6-10-17-7-4-5-11-21(17)22/h1-16,24,26-27H. The second kappa shape index (κ2) is 8.02. The number of nitrogens with one attached hydrogen (secondary N) is 2. The number of rotatable bonds is 5. The Hall–Kier alpha value is -3.51. The average molecular weight is 369 g/mol. The van der Waals surface area contributed by atoms with Crippen molar-refractivity contribution in [1.29, 1.82) is 0 Å². The molecule has 0 spiro atoms. The third-order valence-electron chi connectivity index (χ3n) is 4.53. The number of fused-ring (bicyclic) bond motifs is 1. The molecule has 0 aromatic heterocycles. The molecule has 0 radical (unpaired) electrons. The first kappa shape index (κ1) is 17.9. The molecule has 0 saturated carbocycles. The fourth-order valence-corrected chi connectivity index (χ4v) is 3.10. The van der Waals surface area contributed by atoms with Crippen LogP contribution in [0.3, 0.4) is 0 Å². The summed E-state index contributed by atoms with van der Waals surface area (Å²) < 4.78 is 0. The maximum Gasteiger partial charge on any atom is 0.163 e. The van der Waals surface area contributed by atoms with E-state index in [0.29, 0.717) is 0 Å². The van der Waals surface area contributed by atoms with Crippen LogP contribution in [0.4, 0.5) is 11.4 Å². The molecule has 4 rings (SSSR count). The lowest BCUT2D eigenvalue weighted by Crippen LogP contribution is -2.99. The van der Waals surface area contributed by atoms with Gasteiger partial charge in [-0.3, -0.25) is 5.43 Å². The van der Waals surface area contributed by atoms with Crippen LogP contribution in [0.25, 0.3) is 10.8 Å². The zero-order valence-electron chi connectivity index (χ0n) is 15.0. The molecule has 1 atom stereocenters. The Morgan fingerprint density at radius 3 is 2.14 bits per heavy atom. The summed E-state index contributed by atoms with van der Waals surface area (Å²) in [5.41, 5.74) is 6.87. The van der Waals surface area contributed by atoms with E-state index < -0.39 is 5.23 Å². The maximum atomic E-state index is 11.1. The smallest absolute Gasteiger partial charge is 0.163 e. The molecule has 4 aromatic rings. The van der Waals surface area contributed by atoms with Crippen molar-refractivity contribution in [2.45, 2.75) is 0 Å². The number of hydrogen-bond acceptors (Lipinski definition) is 4. The highest BCUT2D eigenvalue weighted by atomic mass is 16.8. The lowest BCUT2D eigenvalue weighted by molar-refractivity contribution is -0.991. The molecule has 28 heavy (non-hydrogen) atoms. The third-order valence-corrected chi connectivity index (χ3v) is 4.53. The zero-order chi connectivity index (χ0) is 19.3. The van der Waals surface area contributed by atoms with Crippen LogP contribution >= 0.6 is 0 Å². The summed E-state index contributed by atoms with van der Waals surface area (Å²) >= 11 is 0. The van der Waals surface area contributed by atoms with E-state index in [0.717, 1.165) is 33.3 Å². The van der Waals surface area contributed by atoms with E-state index in [-0.39, 0.29) is 5.69 Å². The summed E-state index contributed by atoms with van der Waals surface area (Å²) in [7, 11) is 0. The van der Waals surface area contributed by atoms with E-state index in [4.69, 9.17) is 5.21 Å². The van der Waals surface area contributed by atoms with Gasteiger partial charge in [-0.2, -0.15) is 10.3 Å². The van der Waals surface area contributed by atoms with Crippen LogP contribution in [0.2, 0.25) is 0 Å². The molecule has 138 valence electrons. The molecule has 0 aliphatic rings. The minimum atomic E-state index is -0.946. The van der Waals surface area contributed by atoms with Crippen LogP contribution in [0.1, 0.15) is 11.1 Å². The van der Waals surface area contributed by atoms with Gasteiger partial charge in [-0.15, -0.1) is 0 Å². The van der Waals surface area contributed by atoms with E-state index in [1.54, 1.807) is 24.3 Å². The first-order valence-corrected chi connectivity index (χ1v) is 8.93. The molecule has 5 heteroatoms. The van der Waals surface area contributed by atoms with Gasteiger partial charge < -0.3 is 5.21 Å². The number of nitrogens with zero attached hydrogens (tertiary/aromatic N) is 1. The molecule has 0 saturated heterocycles. The van der Waals surface area contributed by atoms with Crippen LogP contribution in [-0.2, 0) is 0 Å². The van der Waals surface area contributed by atoms with Gasteiger partial charge in [-0.25, -0.2) is 5.21 Å². The number of hydrogen-bond donors (Lipinski definition) is 3. The fraction of sp³-hybridized carbons (Fsp3) is 0. The summed E-state index contributed by atoms with van der Waals surface area (Å²) in [5, 5.41) is 26.2. The molecular weight excluding hydrogens is 350 g/mol. The van der Waals surface area contributed by atoms with Gasteiger partial charge in [0.15, 0.2) is 5.69 Å². The minimum Gasteiger partial charge on any atom is -0.595 e. The number of anilines is 1. The SMILES string of the molecule is [O-][NH+](O)c1ccc(C(=NNc2cccc3ccccc23)c2ccccc2)cc1. The summed E-state index contributed by atoms with van der Waals surface area (Å²) in [6, 6.07) is 30.7. The molecule has 0 aliphatic carbocycles. The monoisotopic (exact) mass is 369 g/mol. The predicted molar refractivity (Wildman–Crippen MR) is 112 cm³/mol. The molecule has 1 unspecified atom stereocenters. The van der Waals surface area contributed by atoms with Crippen molar-refractivity contribution in [3.63, 3.8) is 0 Å². The van der Waals surface area contributed by atoms with Gasteiger partial charge in [0, 0.05) is 28.6 Å². The van der Waals surface area contributed by atoms with Crippen LogP contribution in [0.5, 0.6) is 0 Å². The van der Waals surface area contributed by atoms with Crippen LogP contribution in [-0.4, -0.2) is 10.9 Å². The van der Waals surface area contributed by atoms with Crippen molar-refractivity contribution in [1.82, 2.24) is 0 Å². The predicted octanol–water partition coefficient (Wildman–Crippen LogP) is 4.11. The van der Waals surface area contributed by atoms with Crippen molar-refractivity contribution >= 4 is 27.9 Å².